The number of hydrogen-bond donors (Lipinski definition) is 2. The number of aromatic nitrogens is 2. The molecule has 3 rings (SSSR count). The molecule has 1 unspecified atom stereocenters. The Bertz CT molecular complexity index is 740. The molecular formula is C20H29N5O. The van der Waals surface area contributed by atoms with Crippen LogP contribution in [0.15, 0.2) is 30.3 Å². The van der Waals surface area contributed by atoms with Crippen LogP contribution < -0.4 is 10.6 Å². The third-order valence-electron chi connectivity index (χ3n) is 5.13. The lowest BCUT2D eigenvalue weighted by molar-refractivity contribution is -0.116. The van der Waals surface area contributed by atoms with Gasteiger partial charge < -0.3 is 15.5 Å². The zero-order valence-corrected chi connectivity index (χ0v) is 16.0. The number of piperidine rings is 1. The summed E-state index contributed by atoms with van der Waals surface area (Å²) in [5.74, 6) is 0.0513. The molecule has 1 saturated heterocycles. The van der Waals surface area contributed by atoms with E-state index < -0.39 is 0 Å². The lowest BCUT2D eigenvalue weighted by Gasteiger charge is -2.32. The van der Waals surface area contributed by atoms with Gasteiger partial charge in [-0.3, -0.25) is 4.79 Å². The fourth-order valence-corrected chi connectivity index (χ4v) is 3.60. The standard InChI is InChI=1S/C20H29N5O/c1-15-20(16(2)25(23-15)18-9-5-4-6-10-18)22-19(26)11-13-24-12-7-8-17(14-24)21-3/h4-6,9-10,17,21H,7-8,11-14H2,1-3H3,(H,22,26). The number of para-hydroxylation sites is 1. The number of anilines is 1. The van der Waals surface area contributed by atoms with Crippen molar-refractivity contribution >= 4 is 11.6 Å². The lowest BCUT2D eigenvalue weighted by atomic mass is 10.1. The number of carbonyl (C=O) groups excluding carboxylic acids is 1. The van der Waals surface area contributed by atoms with Gasteiger partial charge in [-0.05, 0) is 52.4 Å². The number of carbonyl (C=O) groups is 1. The van der Waals surface area contributed by atoms with Crippen molar-refractivity contribution in [2.24, 2.45) is 0 Å². The van der Waals surface area contributed by atoms with E-state index in [2.05, 4.69) is 20.6 Å². The van der Waals surface area contributed by atoms with Crippen molar-refractivity contribution in [3.63, 3.8) is 0 Å². The van der Waals surface area contributed by atoms with E-state index in [-0.39, 0.29) is 5.91 Å². The highest BCUT2D eigenvalue weighted by Gasteiger charge is 2.20. The lowest BCUT2D eigenvalue weighted by Crippen LogP contribution is -2.45. The molecule has 2 heterocycles. The predicted molar refractivity (Wildman–Crippen MR) is 105 cm³/mol. The van der Waals surface area contributed by atoms with Gasteiger partial charge in [-0.2, -0.15) is 5.10 Å². The smallest absolute Gasteiger partial charge is 0.225 e. The molecule has 0 radical (unpaired) electrons. The van der Waals surface area contributed by atoms with E-state index in [1.165, 1.54) is 12.8 Å². The van der Waals surface area contributed by atoms with E-state index in [4.69, 9.17) is 0 Å². The van der Waals surface area contributed by atoms with Gasteiger partial charge in [0.1, 0.15) is 0 Å². The summed E-state index contributed by atoms with van der Waals surface area (Å²) < 4.78 is 1.88. The van der Waals surface area contributed by atoms with Crippen molar-refractivity contribution < 1.29 is 4.79 Å². The quantitative estimate of drug-likeness (QED) is 0.836. The molecule has 1 aromatic carbocycles. The normalized spacial score (nSPS) is 18.0. The summed E-state index contributed by atoms with van der Waals surface area (Å²) in [5.41, 5.74) is 3.62. The summed E-state index contributed by atoms with van der Waals surface area (Å²) >= 11 is 0. The minimum atomic E-state index is 0.0513. The molecule has 0 bridgehead atoms. The Labute approximate surface area is 155 Å². The van der Waals surface area contributed by atoms with Crippen LogP contribution in [0.4, 0.5) is 5.69 Å². The number of amides is 1. The summed E-state index contributed by atoms with van der Waals surface area (Å²) in [6.07, 6.45) is 2.91. The second kappa shape index (κ2) is 8.47. The number of likely N-dealkylation sites (tertiary alicyclic amines) is 1. The zero-order valence-electron chi connectivity index (χ0n) is 16.0. The van der Waals surface area contributed by atoms with Gasteiger partial charge in [0.05, 0.1) is 22.8 Å². The van der Waals surface area contributed by atoms with E-state index in [0.29, 0.717) is 12.5 Å². The first kappa shape index (κ1) is 18.6. The summed E-state index contributed by atoms with van der Waals surface area (Å²) in [7, 11) is 2.01. The monoisotopic (exact) mass is 355 g/mol. The molecule has 0 spiro atoms. The molecule has 2 N–H and O–H groups in total. The van der Waals surface area contributed by atoms with Gasteiger partial charge in [0.25, 0.3) is 0 Å². The topological polar surface area (TPSA) is 62.2 Å². The molecule has 1 fully saturated rings. The fraction of sp³-hybridized carbons (Fsp3) is 0.500. The first-order valence-corrected chi connectivity index (χ1v) is 9.39. The van der Waals surface area contributed by atoms with Crippen LogP contribution in [0, 0.1) is 13.8 Å². The molecule has 0 saturated carbocycles. The van der Waals surface area contributed by atoms with Crippen molar-refractivity contribution in [3.8, 4) is 5.69 Å². The number of aryl methyl sites for hydroxylation is 1. The Morgan fingerprint density at radius 1 is 1.27 bits per heavy atom. The van der Waals surface area contributed by atoms with Crippen LogP contribution in [0.3, 0.4) is 0 Å². The molecule has 1 aliphatic rings. The van der Waals surface area contributed by atoms with E-state index in [1.807, 2.05) is 55.9 Å². The average molecular weight is 355 g/mol. The van der Waals surface area contributed by atoms with Crippen LogP contribution in [0.25, 0.3) is 5.69 Å². The van der Waals surface area contributed by atoms with Gasteiger partial charge in [-0.1, -0.05) is 18.2 Å². The predicted octanol–water partition coefficient (Wildman–Crippen LogP) is 2.50. The van der Waals surface area contributed by atoms with Crippen molar-refractivity contribution in [1.82, 2.24) is 20.0 Å². The van der Waals surface area contributed by atoms with E-state index in [9.17, 15) is 4.79 Å². The average Bonchev–Trinajstić information content (AvgIpc) is 2.95. The van der Waals surface area contributed by atoms with Gasteiger partial charge in [0.15, 0.2) is 0 Å². The second-order valence-corrected chi connectivity index (χ2v) is 7.02. The van der Waals surface area contributed by atoms with Crippen LogP contribution in [0.2, 0.25) is 0 Å². The first-order valence-electron chi connectivity index (χ1n) is 9.39. The molecule has 1 atom stereocenters. The Morgan fingerprint density at radius 2 is 2.04 bits per heavy atom. The third-order valence-corrected chi connectivity index (χ3v) is 5.13. The SMILES string of the molecule is CNC1CCCN(CCC(=O)Nc2c(C)nn(-c3ccccc3)c2C)C1. The number of rotatable bonds is 6. The first-order chi connectivity index (χ1) is 12.6. The molecule has 6 nitrogen and oxygen atoms in total. The molecule has 6 heteroatoms. The van der Waals surface area contributed by atoms with Crippen LogP contribution in [0.5, 0.6) is 0 Å². The van der Waals surface area contributed by atoms with Crippen LogP contribution in [-0.4, -0.2) is 53.3 Å². The van der Waals surface area contributed by atoms with Crippen LogP contribution in [0.1, 0.15) is 30.7 Å². The zero-order chi connectivity index (χ0) is 18.5. The molecule has 1 aliphatic heterocycles. The van der Waals surface area contributed by atoms with Crippen molar-refractivity contribution in [2.75, 3.05) is 32.0 Å². The number of likely N-dealkylation sites (N-methyl/N-ethyl adjacent to an activating group) is 1. The molecule has 1 amide bonds. The Balaban J connectivity index is 1.60. The van der Waals surface area contributed by atoms with Gasteiger partial charge >= 0.3 is 0 Å². The Morgan fingerprint density at radius 3 is 2.77 bits per heavy atom. The van der Waals surface area contributed by atoms with Gasteiger partial charge in [-0.15, -0.1) is 0 Å². The maximum Gasteiger partial charge on any atom is 0.225 e. The molecule has 140 valence electrons. The highest BCUT2D eigenvalue weighted by molar-refractivity contribution is 5.92. The van der Waals surface area contributed by atoms with Gasteiger partial charge in [-0.25, -0.2) is 4.68 Å². The number of nitrogens with zero attached hydrogens (tertiary/aromatic N) is 3. The minimum Gasteiger partial charge on any atom is -0.323 e. The fourth-order valence-electron chi connectivity index (χ4n) is 3.60. The summed E-state index contributed by atoms with van der Waals surface area (Å²) in [6, 6.07) is 10.5. The Kier molecular flexibility index (Phi) is 6.06. The third kappa shape index (κ3) is 4.31. The Hall–Kier alpha value is -2.18. The number of benzene rings is 1. The molecule has 2 aromatic rings. The van der Waals surface area contributed by atoms with Gasteiger partial charge in [0, 0.05) is 25.6 Å². The maximum atomic E-state index is 12.5. The highest BCUT2D eigenvalue weighted by Crippen LogP contribution is 2.23. The van der Waals surface area contributed by atoms with Crippen molar-refractivity contribution in [3.05, 3.63) is 41.7 Å². The van der Waals surface area contributed by atoms with Crippen molar-refractivity contribution in [1.29, 1.82) is 0 Å². The van der Waals surface area contributed by atoms with E-state index in [0.717, 1.165) is 42.4 Å². The number of nitrogens with one attached hydrogen (secondary N) is 2. The molecule has 0 aliphatic carbocycles. The number of hydrogen-bond acceptors (Lipinski definition) is 4. The van der Waals surface area contributed by atoms with E-state index in [1.54, 1.807) is 0 Å². The second-order valence-electron chi connectivity index (χ2n) is 7.02. The van der Waals surface area contributed by atoms with Crippen molar-refractivity contribution in [2.45, 2.75) is 39.2 Å². The van der Waals surface area contributed by atoms with Crippen LogP contribution in [-0.2, 0) is 4.79 Å². The minimum absolute atomic E-state index is 0.0513. The maximum absolute atomic E-state index is 12.5. The van der Waals surface area contributed by atoms with Crippen LogP contribution >= 0.6 is 0 Å². The summed E-state index contributed by atoms with van der Waals surface area (Å²) in [6.45, 7) is 6.83. The molecule has 26 heavy (non-hydrogen) atoms. The summed E-state index contributed by atoms with van der Waals surface area (Å²) in [5, 5.41) is 11.0. The van der Waals surface area contributed by atoms with E-state index >= 15 is 0 Å². The largest absolute Gasteiger partial charge is 0.323 e. The highest BCUT2D eigenvalue weighted by atomic mass is 16.1. The summed E-state index contributed by atoms with van der Waals surface area (Å²) in [4.78, 5) is 14.8. The molecular weight excluding hydrogens is 326 g/mol. The molecule has 1 aromatic heterocycles. The van der Waals surface area contributed by atoms with Gasteiger partial charge in [0.2, 0.25) is 5.91 Å².